The number of benzene rings is 4. The Morgan fingerprint density at radius 3 is 0.973 bits per heavy atom. The van der Waals surface area contributed by atoms with Gasteiger partial charge in [0.05, 0.1) is 0 Å². The maximum atomic E-state index is 2.58. The Morgan fingerprint density at radius 2 is 0.757 bits per heavy atom. The van der Waals surface area contributed by atoms with Crippen LogP contribution in [0.4, 0.5) is 0 Å². The van der Waals surface area contributed by atoms with E-state index in [0.29, 0.717) is 17.2 Å². The van der Waals surface area contributed by atoms with Gasteiger partial charge in [-0.25, -0.2) is 0 Å². The number of hydrogen-bond acceptors (Lipinski definition) is 0. The second-order valence-electron chi connectivity index (χ2n) is 10.5. The second kappa shape index (κ2) is 13.0. The zero-order chi connectivity index (χ0) is 26.3. The summed E-state index contributed by atoms with van der Waals surface area (Å²) in [6.07, 6.45) is 2.44. The van der Waals surface area contributed by atoms with Crippen LogP contribution in [0.25, 0.3) is 0 Å². The van der Waals surface area contributed by atoms with Crippen LogP contribution < -0.4 is 21.2 Å². The first-order valence-corrected chi connectivity index (χ1v) is 16.6. The largest absolute Gasteiger partial charge is 0.0654 e. The van der Waals surface area contributed by atoms with Crippen LogP contribution >= 0.6 is 15.8 Å². The highest BCUT2D eigenvalue weighted by Crippen LogP contribution is 2.61. The van der Waals surface area contributed by atoms with Crippen molar-refractivity contribution in [2.75, 3.05) is 0 Å². The van der Waals surface area contributed by atoms with Crippen LogP contribution in [0.3, 0.4) is 0 Å². The minimum absolute atomic E-state index is 0.184. The van der Waals surface area contributed by atoms with Gasteiger partial charge in [0, 0.05) is 0 Å². The molecule has 0 bridgehead atoms. The minimum atomic E-state index is -0.529. The lowest BCUT2D eigenvalue weighted by Crippen LogP contribution is -2.49. The molecule has 0 radical (unpaired) electrons. The average molecular weight is 525 g/mol. The summed E-state index contributed by atoms with van der Waals surface area (Å²) in [5, 5.41) is 5.98. The second-order valence-corrected chi connectivity index (χ2v) is 15.5. The molecule has 4 aromatic carbocycles. The summed E-state index contributed by atoms with van der Waals surface area (Å²) < 4.78 is 0. The third kappa shape index (κ3) is 5.93. The van der Waals surface area contributed by atoms with Crippen molar-refractivity contribution in [3.63, 3.8) is 0 Å². The number of rotatable bonds is 11. The standard InChI is InChI=1S/C35H42P2/c1-6-27-35(28(2)3,29(4)36(31-19-11-7-12-20-31)32-21-13-8-14-22-32)30(5)37(33-23-15-9-16-24-33)34-25-17-10-18-26-34/h7-26,28-30H,6,27H2,1-5H3. The van der Waals surface area contributed by atoms with Gasteiger partial charge >= 0.3 is 0 Å². The Morgan fingerprint density at radius 1 is 0.486 bits per heavy atom. The van der Waals surface area contributed by atoms with E-state index in [-0.39, 0.29) is 5.41 Å². The van der Waals surface area contributed by atoms with Gasteiger partial charge in [0.25, 0.3) is 0 Å². The van der Waals surface area contributed by atoms with Crippen molar-refractivity contribution >= 4 is 37.1 Å². The molecule has 2 atom stereocenters. The summed E-state index contributed by atoms with van der Waals surface area (Å²) in [4.78, 5) is 0. The SMILES string of the molecule is CCCC(C(C)C)(C(C)P(c1ccccc1)c1ccccc1)C(C)P(c1ccccc1)c1ccccc1. The van der Waals surface area contributed by atoms with Crippen LogP contribution in [0.2, 0.25) is 0 Å². The molecule has 0 saturated carbocycles. The lowest BCUT2D eigenvalue weighted by molar-refractivity contribution is 0.165. The van der Waals surface area contributed by atoms with Gasteiger partial charge in [-0.15, -0.1) is 0 Å². The molecule has 0 heterocycles. The van der Waals surface area contributed by atoms with Crippen LogP contribution in [0.1, 0.15) is 47.5 Å². The molecule has 0 amide bonds. The monoisotopic (exact) mass is 524 g/mol. The van der Waals surface area contributed by atoms with E-state index in [1.165, 1.54) is 34.1 Å². The third-order valence-electron chi connectivity index (χ3n) is 8.23. The lowest BCUT2D eigenvalue weighted by Gasteiger charge is -2.53. The molecule has 0 spiro atoms. The molecule has 37 heavy (non-hydrogen) atoms. The van der Waals surface area contributed by atoms with E-state index in [9.17, 15) is 0 Å². The van der Waals surface area contributed by atoms with E-state index in [4.69, 9.17) is 0 Å². The van der Waals surface area contributed by atoms with Gasteiger partial charge in [0.2, 0.25) is 0 Å². The van der Waals surface area contributed by atoms with Crippen molar-refractivity contribution in [2.24, 2.45) is 11.3 Å². The highest BCUT2D eigenvalue weighted by Gasteiger charge is 2.49. The molecule has 0 fully saturated rings. The fourth-order valence-corrected chi connectivity index (χ4v) is 13.2. The maximum absolute atomic E-state index is 2.58. The maximum Gasteiger partial charge on any atom is -0.00920 e. The highest BCUT2D eigenvalue weighted by molar-refractivity contribution is 7.74. The van der Waals surface area contributed by atoms with Gasteiger partial charge in [-0.3, -0.25) is 0 Å². The molecule has 0 aliphatic carbocycles. The van der Waals surface area contributed by atoms with E-state index in [1.807, 2.05) is 0 Å². The Labute approximate surface area is 228 Å². The molecule has 4 rings (SSSR count). The van der Waals surface area contributed by atoms with Gasteiger partial charge in [-0.05, 0) is 66.1 Å². The number of hydrogen-bond donors (Lipinski definition) is 0. The van der Waals surface area contributed by atoms with Crippen molar-refractivity contribution in [3.8, 4) is 0 Å². The minimum Gasteiger partial charge on any atom is -0.0654 e. The van der Waals surface area contributed by atoms with E-state index >= 15 is 0 Å². The first-order valence-electron chi connectivity index (χ1n) is 13.8. The molecule has 0 aliphatic heterocycles. The van der Waals surface area contributed by atoms with Gasteiger partial charge < -0.3 is 0 Å². The van der Waals surface area contributed by atoms with Crippen molar-refractivity contribution in [2.45, 2.75) is 58.8 Å². The molecular weight excluding hydrogens is 482 g/mol. The molecular formula is C35H42P2. The fourth-order valence-electron chi connectivity index (χ4n) is 6.48. The molecule has 2 unspecified atom stereocenters. The predicted octanol–water partition coefficient (Wildman–Crippen LogP) is 8.47. The Kier molecular flexibility index (Phi) is 9.76. The summed E-state index contributed by atoms with van der Waals surface area (Å²) in [6.45, 7) is 12.5. The zero-order valence-corrected chi connectivity index (χ0v) is 24.9. The van der Waals surface area contributed by atoms with E-state index in [1.54, 1.807) is 0 Å². The molecule has 0 N–H and O–H groups in total. The molecule has 0 aromatic heterocycles. The zero-order valence-electron chi connectivity index (χ0n) is 23.1. The molecule has 0 aliphatic rings. The van der Waals surface area contributed by atoms with Crippen LogP contribution in [0, 0.1) is 11.3 Å². The van der Waals surface area contributed by atoms with Crippen LogP contribution in [-0.4, -0.2) is 11.3 Å². The van der Waals surface area contributed by atoms with E-state index < -0.39 is 15.8 Å². The Balaban J connectivity index is 1.91. The van der Waals surface area contributed by atoms with Crippen LogP contribution in [0.15, 0.2) is 121 Å². The third-order valence-corrected chi connectivity index (χ3v) is 14.2. The van der Waals surface area contributed by atoms with Gasteiger partial charge in [-0.1, -0.05) is 162 Å². The smallest absolute Gasteiger partial charge is 0.00920 e. The molecule has 2 heteroatoms. The van der Waals surface area contributed by atoms with Crippen molar-refractivity contribution < 1.29 is 0 Å². The first-order chi connectivity index (χ1) is 18.0. The van der Waals surface area contributed by atoms with Crippen molar-refractivity contribution in [1.29, 1.82) is 0 Å². The quantitative estimate of drug-likeness (QED) is 0.173. The van der Waals surface area contributed by atoms with Gasteiger partial charge in [-0.2, -0.15) is 0 Å². The van der Waals surface area contributed by atoms with Crippen molar-refractivity contribution in [3.05, 3.63) is 121 Å². The summed E-state index contributed by atoms with van der Waals surface area (Å²) in [7, 11) is -1.06. The van der Waals surface area contributed by atoms with Gasteiger partial charge in [0.15, 0.2) is 0 Å². The normalized spacial score (nSPS) is 15.0. The van der Waals surface area contributed by atoms with Crippen LogP contribution in [-0.2, 0) is 0 Å². The summed E-state index contributed by atoms with van der Waals surface area (Å²) in [5.41, 5.74) is 1.24. The summed E-state index contributed by atoms with van der Waals surface area (Å²) in [6, 6.07) is 45.4. The van der Waals surface area contributed by atoms with Gasteiger partial charge in [0.1, 0.15) is 0 Å². The van der Waals surface area contributed by atoms with Crippen molar-refractivity contribution in [1.82, 2.24) is 0 Å². The Hall–Kier alpha value is -2.26. The lowest BCUT2D eigenvalue weighted by atomic mass is 9.69. The molecule has 0 saturated heterocycles. The Bertz CT molecular complexity index is 1020. The first kappa shape index (κ1) is 27.8. The van der Waals surface area contributed by atoms with E-state index in [2.05, 4.69) is 156 Å². The summed E-state index contributed by atoms with van der Waals surface area (Å²) in [5.74, 6) is 0.562. The predicted molar refractivity (Wildman–Crippen MR) is 169 cm³/mol. The fraction of sp³-hybridized carbons (Fsp3) is 0.314. The molecule has 0 nitrogen and oxygen atoms in total. The molecule has 192 valence electrons. The van der Waals surface area contributed by atoms with Crippen LogP contribution in [0.5, 0.6) is 0 Å². The average Bonchev–Trinajstić information content (AvgIpc) is 2.94. The summed E-state index contributed by atoms with van der Waals surface area (Å²) >= 11 is 0. The topological polar surface area (TPSA) is 0 Å². The van der Waals surface area contributed by atoms with E-state index in [0.717, 1.165) is 0 Å². The highest BCUT2D eigenvalue weighted by atomic mass is 31.1. The molecule has 4 aromatic rings.